The largest absolute Gasteiger partial charge is 0.298 e. The van der Waals surface area contributed by atoms with Gasteiger partial charge in [0.2, 0.25) is 0 Å². The summed E-state index contributed by atoms with van der Waals surface area (Å²) >= 11 is 0. The van der Waals surface area contributed by atoms with Crippen molar-refractivity contribution < 1.29 is 9.59 Å². The molecule has 0 aliphatic heterocycles. The molecule has 0 saturated heterocycles. The summed E-state index contributed by atoms with van der Waals surface area (Å²) in [5.74, 6) is -0.772. The Morgan fingerprint density at radius 2 is 1.43 bits per heavy atom. The molecule has 0 amide bonds. The third kappa shape index (κ3) is 1.81. The minimum absolute atomic E-state index is 0.0272. The molecule has 2 atom stereocenters. The lowest BCUT2D eigenvalue weighted by Crippen LogP contribution is -2.32. The van der Waals surface area contributed by atoms with Crippen LogP contribution in [0.1, 0.15) is 41.3 Å². The number of hydrogen-bond donors (Lipinski definition) is 0. The molecular weight excluding hydrogens is 284 g/mol. The van der Waals surface area contributed by atoms with Crippen molar-refractivity contribution in [3.63, 3.8) is 0 Å². The summed E-state index contributed by atoms with van der Waals surface area (Å²) in [7, 11) is 0. The molecule has 0 bridgehead atoms. The van der Waals surface area contributed by atoms with Gasteiger partial charge in [0.25, 0.3) is 0 Å². The fraction of sp³-hybridized carbons (Fsp3) is 0.238. The maximum absolute atomic E-state index is 12.8. The highest BCUT2D eigenvalue weighted by atomic mass is 16.2. The smallest absolute Gasteiger partial charge is 0.173 e. The molecule has 3 aromatic rings. The average Bonchev–Trinajstić information content (AvgIpc) is 2.57. The monoisotopic (exact) mass is 302 g/mol. The Labute approximate surface area is 135 Å². The average molecular weight is 302 g/mol. The van der Waals surface area contributed by atoms with Crippen molar-refractivity contribution in [1.82, 2.24) is 0 Å². The highest BCUT2D eigenvalue weighted by Gasteiger charge is 2.37. The molecule has 1 aliphatic carbocycles. The number of carbonyl (C=O) groups excluding carboxylic acids is 2. The molecule has 4 rings (SSSR count). The van der Waals surface area contributed by atoms with Gasteiger partial charge in [0.05, 0.1) is 5.92 Å². The zero-order chi connectivity index (χ0) is 16.3. The second-order valence-electron chi connectivity index (χ2n) is 6.57. The number of benzene rings is 3. The van der Waals surface area contributed by atoms with Gasteiger partial charge < -0.3 is 0 Å². The van der Waals surface area contributed by atoms with Crippen LogP contribution in [0.15, 0.2) is 42.5 Å². The van der Waals surface area contributed by atoms with Gasteiger partial charge in [0, 0.05) is 11.5 Å². The van der Waals surface area contributed by atoms with Gasteiger partial charge in [-0.15, -0.1) is 0 Å². The zero-order valence-corrected chi connectivity index (χ0v) is 13.5. The Bertz CT molecular complexity index is 998. The van der Waals surface area contributed by atoms with E-state index in [0.717, 1.165) is 32.8 Å². The van der Waals surface area contributed by atoms with E-state index < -0.39 is 5.92 Å². The summed E-state index contributed by atoms with van der Waals surface area (Å²) in [4.78, 5) is 25.1. The predicted molar refractivity (Wildman–Crippen MR) is 93.1 cm³/mol. The summed E-state index contributed by atoms with van der Waals surface area (Å²) in [5.41, 5.74) is 2.78. The van der Waals surface area contributed by atoms with E-state index in [1.165, 1.54) is 5.39 Å². The Kier molecular flexibility index (Phi) is 2.92. The van der Waals surface area contributed by atoms with Gasteiger partial charge in [-0.3, -0.25) is 9.59 Å². The highest BCUT2D eigenvalue weighted by molar-refractivity contribution is 6.24. The van der Waals surface area contributed by atoms with Crippen LogP contribution in [0.25, 0.3) is 21.5 Å². The molecule has 0 aromatic heterocycles. The number of rotatable bonds is 0. The molecule has 1 aliphatic rings. The van der Waals surface area contributed by atoms with E-state index in [4.69, 9.17) is 0 Å². The lowest BCUT2D eigenvalue weighted by atomic mass is 9.74. The number of hydrogen-bond acceptors (Lipinski definition) is 2. The fourth-order valence-corrected chi connectivity index (χ4v) is 3.89. The molecule has 0 spiro atoms. The summed E-state index contributed by atoms with van der Waals surface area (Å²) in [6.07, 6.45) is 0. The van der Waals surface area contributed by atoms with E-state index in [0.29, 0.717) is 0 Å². The van der Waals surface area contributed by atoms with Gasteiger partial charge in [-0.2, -0.15) is 0 Å². The molecule has 0 saturated carbocycles. The number of fused-ring (bicyclic) bond motifs is 5. The van der Waals surface area contributed by atoms with Crippen molar-refractivity contribution in [3.05, 3.63) is 59.2 Å². The predicted octanol–water partition coefficient (Wildman–Crippen LogP) is 4.81. The highest BCUT2D eigenvalue weighted by Crippen LogP contribution is 2.39. The first kappa shape index (κ1) is 14.1. The SMILES string of the molecule is Cc1cc2c3c(ccc2c2ccccc12)C(C)C(=O)C(C)C3=O. The molecule has 2 heteroatoms. The minimum atomic E-state index is -0.546. The quantitative estimate of drug-likeness (QED) is 0.441. The molecular formula is C21H18O2. The van der Waals surface area contributed by atoms with E-state index in [1.807, 2.05) is 25.1 Å². The number of ketones is 2. The summed E-state index contributed by atoms with van der Waals surface area (Å²) in [5, 5.41) is 4.44. The topological polar surface area (TPSA) is 34.1 Å². The van der Waals surface area contributed by atoms with Gasteiger partial charge in [0.15, 0.2) is 11.6 Å². The minimum Gasteiger partial charge on any atom is -0.298 e. The van der Waals surface area contributed by atoms with Crippen LogP contribution in [0.4, 0.5) is 0 Å². The standard InChI is InChI=1S/C21H18O2/c1-11-10-18-17(16-7-5-4-6-14(11)16)9-8-15-12(2)20(22)13(3)21(23)19(15)18/h4-10,12-13H,1-3H3. The van der Waals surface area contributed by atoms with Crippen LogP contribution >= 0.6 is 0 Å². The maximum Gasteiger partial charge on any atom is 0.173 e. The first-order chi connectivity index (χ1) is 11.0. The normalized spacial score (nSPS) is 21.0. The summed E-state index contributed by atoms with van der Waals surface area (Å²) < 4.78 is 0. The Morgan fingerprint density at radius 3 is 2.17 bits per heavy atom. The Hall–Kier alpha value is -2.48. The lowest BCUT2D eigenvalue weighted by Gasteiger charge is -2.26. The molecule has 0 N–H and O–H groups in total. The maximum atomic E-state index is 12.8. The second kappa shape index (κ2) is 4.76. The molecule has 2 nitrogen and oxygen atoms in total. The van der Waals surface area contributed by atoms with Crippen LogP contribution < -0.4 is 0 Å². The van der Waals surface area contributed by atoms with Crippen molar-refractivity contribution in [2.45, 2.75) is 26.7 Å². The van der Waals surface area contributed by atoms with Gasteiger partial charge in [-0.25, -0.2) is 0 Å². The van der Waals surface area contributed by atoms with Crippen molar-refractivity contribution in [3.8, 4) is 0 Å². The molecule has 0 fully saturated rings. The van der Waals surface area contributed by atoms with Crippen LogP contribution in [-0.2, 0) is 4.79 Å². The number of aryl methyl sites for hydroxylation is 1. The van der Waals surface area contributed by atoms with Crippen LogP contribution in [0, 0.1) is 12.8 Å². The fourth-order valence-electron chi connectivity index (χ4n) is 3.89. The van der Waals surface area contributed by atoms with Crippen molar-refractivity contribution in [1.29, 1.82) is 0 Å². The number of Topliss-reactive ketones (excluding diaryl/α,β-unsaturated/α-hetero) is 2. The third-order valence-corrected chi connectivity index (χ3v) is 5.24. The van der Waals surface area contributed by atoms with Crippen molar-refractivity contribution in [2.75, 3.05) is 0 Å². The molecule has 2 unspecified atom stereocenters. The van der Waals surface area contributed by atoms with Crippen LogP contribution in [0.5, 0.6) is 0 Å². The van der Waals surface area contributed by atoms with Gasteiger partial charge in [-0.1, -0.05) is 49.4 Å². The van der Waals surface area contributed by atoms with Crippen LogP contribution in [0.2, 0.25) is 0 Å². The molecule has 3 aromatic carbocycles. The molecule has 0 heterocycles. The third-order valence-electron chi connectivity index (χ3n) is 5.24. The first-order valence-electron chi connectivity index (χ1n) is 8.03. The Morgan fingerprint density at radius 1 is 0.783 bits per heavy atom. The van der Waals surface area contributed by atoms with Gasteiger partial charge in [-0.05, 0) is 46.5 Å². The van der Waals surface area contributed by atoms with E-state index in [9.17, 15) is 9.59 Å². The molecule has 114 valence electrons. The van der Waals surface area contributed by atoms with Crippen LogP contribution in [-0.4, -0.2) is 11.6 Å². The summed E-state index contributed by atoms with van der Waals surface area (Å²) in [6, 6.07) is 14.4. The zero-order valence-electron chi connectivity index (χ0n) is 13.5. The van der Waals surface area contributed by atoms with Crippen molar-refractivity contribution in [2.24, 2.45) is 5.92 Å². The lowest BCUT2D eigenvalue weighted by molar-refractivity contribution is -0.122. The van der Waals surface area contributed by atoms with E-state index >= 15 is 0 Å². The molecule has 23 heavy (non-hydrogen) atoms. The number of carbonyl (C=O) groups is 2. The summed E-state index contributed by atoms with van der Waals surface area (Å²) in [6.45, 7) is 5.72. The van der Waals surface area contributed by atoms with Gasteiger partial charge in [0.1, 0.15) is 0 Å². The van der Waals surface area contributed by atoms with Crippen LogP contribution in [0.3, 0.4) is 0 Å². The van der Waals surface area contributed by atoms with E-state index in [-0.39, 0.29) is 17.5 Å². The second-order valence-corrected chi connectivity index (χ2v) is 6.57. The molecule has 0 radical (unpaired) electrons. The Balaban J connectivity index is 2.19. The van der Waals surface area contributed by atoms with E-state index in [2.05, 4.69) is 31.2 Å². The van der Waals surface area contributed by atoms with Crippen molar-refractivity contribution >= 4 is 33.1 Å². The van der Waals surface area contributed by atoms with E-state index in [1.54, 1.807) is 6.92 Å². The van der Waals surface area contributed by atoms with Gasteiger partial charge >= 0.3 is 0 Å². The first-order valence-corrected chi connectivity index (χ1v) is 8.03.